The van der Waals surface area contributed by atoms with E-state index in [9.17, 15) is 0 Å². The van der Waals surface area contributed by atoms with E-state index >= 15 is 0 Å². The van der Waals surface area contributed by atoms with Crippen LogP contribution in [0.25, 0.3) is 97.3 Å². The van der Waals surface area contributed by atoms with Gasteiger partial charge in [0.15, 0.2) is 0 Å². The largest absolute Gasteiger partial charge is 0.309 e. The summed E-state index contributed by atoms with van der Waals surface area (Å²) in [5.74, 6) is 0. The van der Waals surface area contributed by atoms with Gasteiger partial charge in [-0.05, 0) is 54.6 Å². The Morgan fingerprint density at radius 1 is 0.408 bits per heavy atom. The van der Waals surface area contributed by atoms with Crippen LogP contribution in [0, 0.1) is 0 Å². The normalized spacial score (nSPS) is 12.1. The van der Waals surface area contributed by atoms with Crippen LogP contribution in [-0.2, 0) is 0 Å². The predicted molar refractivity (Wildman–Crippen MR) is 209 cm³/mol. The molecule has 7 aromatic carbocycles. The zero-order chi connectivity index (χ0) is 32.1. The minimum Gasteiger partial charge on any atom is -0.309 e. The van der Waals surface area contributed by atoms with Gasteiger partial charge in [0, 0.05) is 59.3 Å². The lowest BCUT2D eigenvalue weighted by molar-refractivity contribution is 1.13. The Balaban J connectivity index is 1.31. The van der Waals surface area contributed by atoms with Crippen LogP contribution >= 0.6 is 11.3 Å². The van der Waals surface area contributed by atoms with Crippen LogP contribution in [0.2, 0.25) is 0 Å². The molecule has 11 aromatic rings. The summed E-state index contributed by atoms with van der Waals surface area (Å²) in [5.41, 5.74) is 10.1. The molecule has 0 saturated carbocycles. The van der Waals surface area contributed by atoms with Crippen LogP contribution in [0.15, 0.2) is 164 Å². The van der Waals surface area contributed by atoms with Gasteiger partial charge in [-0.3, -0.25) is 0 Å². The molecule has 4 heterocycles. The Hall–Kier alpha value is -6.23. The zero-order valence-electron chi connectivity index (χ0n) is 26.3. The van der Waals surface area contributed by atoms with Crippen molar-refractivity contribution in [2.45, 2.75) is 0 Å². The Morgan fingerprint density at radius 3 is 1.37 bits per heavy atom. The number of para-hydroxylation sites is 5. The molecule has 0 atom stereocenters. The van der Waals surface area contributed by atoms with Crippen molar-refractivity contribution in [3.05, 3.63) is 164 Å². The molecule has 0 spiro atoms. The van der Waals surface area contributed by atoms with Crippen LogP contribution in [0.5, 0.6) is 0 Å². The van der Waals surface area contributed by atoms with Crippen LogP contribution in [0.3, 0.4) is 0 Å². The van der Waals surface area contributed by atoms with Crippen LogP contribution in [0.4, 0.5) is 0 Å². The average molecular weight is 642 g/mol. The van der Waals surface area contributed by atoms with Gasteiger partial charge in [-0.1, -0.05) is 109 Å². The Kier molecular flexibility index (Phi) is 5.54. The van der Waals surface area contributed by atoms with Crippen LogP contribution in [-0.4, -0.2) is 14.1 Å². The highest BCUT2D eigenvalue weighted by molar-refractivity contribution is 7.26. The molecular formula is C45H27N3S. The van der Waals surface area contributed by atoms with Crippen molar-refractivity contribution in [3.8, 4) is 22.6 Å². The van der Waals surface area contributed by atoms with E-state index < -0.39 is 0 Å². The van der Waals surface area contributed by atoms with Gasteiger partial charge in [-0.25, -0.2) is 4.98 Å². The van der Waals surface area contributed by atoms with Gasteiger partial charge in [-0.2, -0.15) is 0 Å². The molecule has 49 heavy (non-hydrogen) atoms. The lowest BCUT2D eigenvalue weighted by Crippen LogP contribution is -2.00. The molecule has 0 aliphatic rings. The number of benzene rings is 7. The summed E-state index contributed by atoms with van der Waals surface area (Å²) in [6.45, 7) is 0. The lowest BCUT2D eigenvalue weighted by atomic mass is 10.0. The smallest absolute Gasteiger partial charge is 0.0889 e. The SMILES string of the molecule is c1ccc2c(c1)nc(-c1cc(-n3c4ccccc4c4ccccc43)cc(-n3c4ccccc4c4ccccc43)c1)c1sc3ccccc3c12. The molecule has 0 amide bonds. The van der Waals surface area contributed by atoms with E-state index in [0.717, 1.165) is 28.1 Å². The predicted octanol–water partition coefficient (Wildman–Crippen LogP) is 12.5. The van der Waals surface area contributed by atoms with E-state index in [1.165, 1.54) is 69.2 Å². The highest BCUT2D eigenvalue weighted by Crippen LogP contribution is 2.44. The molecule has 0 aliphatic heterocycles. The summed E-state index contributed by atoms with van der Waals surface area (Å²) in [4.78, 5) is 5.45. The van der Waals surface area contributed by atoms with Gasteiger partial charge in [0.05, 0.1) is 38.0 Å². The summed E-state index contributed by atoms with van der Waals surface area (Å²) < 4.78 is 7.34. The Labute approximate surface area is 285 Å². The molecule has 0 fully saturated rings. The third-order valence-electron chi connectivity index (χ3n) is 10.1. The fourth-order valence-corrected chi connectivity index (χ4v) is 9.25. The monoisotopic (exact) mass is 641 g/mol. The topological polar surface area (TPSA) is 22.8 Å². The maximum Gasteiger partial charge on any atom is 0.0889 e. The quantitative estimate of drug-likeness (QED) is 0.188. The highest BCUT2D eigenvalue weighted by atomic mass is 32.1. The first-order chi connectivity index (χ1) is 24.3. The maximum atomic E-state index is 5.45. The van der Waals surface area contributed by atoms with E-state index in [4.69, 9.17) is 4.98 Å². The maximum absolute atomic E-state index is 5.45. The number of nitrogens with zero attached hydrogens (tertiary/aromatic N) is 3. The second-order valence-electron chi connectivity index (χ2n) is 12.8. The number of hydrogen-bond acceptors (Lipinski definition) is 2. The van der Waals surface area contributed by atoms with Crippen LogP contribution in [0.1, 0.15) is 0 Å². The number of pyridine rings is 1. The molecule has 11 rings (SSSR count). The van der Waals surface area contributed by atoms with Gasteiger partial charge in [0.1, 0.15) is 0 Å². The molecular weight excluding hydrogens is 615 g/mol. The molecule has 4 aromatic heterocycles. The second kappa shape index (κ2) is 10.1. The number of fused-ring (bicyclic) bond motifs is 11. The van der Waals surface area contributed by atoms with Gasteiger partial charge < -0.3 is 9.13 Å². The van der Waals surface area contributed by atoms with E-state index in [1.807, 2.05) is 11.3 Å². The fourth-order valence-electron chi connectivity index (χ4n) is 8.02. The summed E-state index contributed by atoms with van der Waals surface area (Å²) in [5, 5.41) is 8.75. The van der Waals surface area contributed by atoms with Gasteiger partial charge in [0.2, 0.25) is 0 Å². The molecule has 0 bridgehead atoms. The summed E-state index contributed by atoms with van der Waals surface area (Å²) in [7, 11) is 0. The van der Waals surface area contributed by atoms with Crippen LogP contribution < -0.4 is 0 Å². The zero-order valence-corrected chi connectivity index (χ0v) is 27.2. The van der Waals surface area contributed by atoms with Crippen molar-refractivity contribution in [2.24, 2.45) is 0 Å². The molecule has 0 aliphatic carbocycles. The molecule has 228 valence electrons. The molecule has 0 saturated heterocycles. The first-order valence-electron chi connectivity index (χ1n) is 16.6. The van der Waals surface area contributed by atoms with Crippen molar-refractivity contribution in [3.63, 3.8) is 0 Å². The second-order valence-corrected chi connectivity index (χ2v) is 13.8. The molecule has 4 heteroatoms. The molecule has 0 unspecified atom stereocenters. The van der Waals surface area contributed by atoms with Gasteiger partial charge in [-0.15, -0.1) is 11.3 Å². The molecule has 0 N–H and O–H groups in total. The number of rotatable bonds is 3. The lowest BCUT2D eigenvalue weighted by Gasteiger charge is -2.16. The number of aromatic nitrogens is 3. The van der Waals surface area contributed by atoms with Crippen molar-refractivity contribution >= 4 is 86.0 Å². The Morgan fingerprint density at radius 2 is 0.837 bits per heavy atom. The summed E-state index contributed by atoms with van der Waals surface area (Å²) in [6.07, 6.45) is 0. The summed E-state index contributed by atoms with van der Waals surface area (Å²) in [6, 6.07) is 59.4. The standard InChI is InChI=1S/C45H27N3S/c1-7-19-37-35(17-1)43-36-18-6-12-24-42(36)49-45(43)44(46-37)28-25-29(47-38-20-8-2-13-31(38)32-14-3-9-21-39(32)47)27-30(26-28)48-40-22-10-4-15-33(40)34-16-5-11-23-41(34)48/h1-27H. The van der Waals surface area contributed by atoms with Crippen molar-refractivity contribution in [1.82, 2.24) is 14.1 Å². The first kappa shape index (κ1) is 26.8. The average Bonchev–Trinajstić information content (AvgIpc) is 3.83. The molecule has 3 nitrogen and oxygen atoms in total. The minimum atomic E-state index is 1.01. The number of hydrogen-bond donors (Lipinski definition) is 0. The van der Waals surface area contributed by atoms with Gasteiger partial charge in [0.25, 0.3) is 0 Å². The number of thiophene rings is 1. The van der Waals surface area contributed by atoms with Crippen molar-refractivity contribution in [1.29, 1.82) is 0 Å². The third-order valence-corrected chi connectivity index (χ3v) is 11.2. The first-order valence-corrected chi connectivity index (χ1v) is 17.5. The summed E-state index contributed by atoms with van der Waals surface area (Å²) >= 11 is 1.84. The molecule has 0 radical (unpaired) electrons. The Bertz CT molecular complexity index is 2880. The fraction of sp³-hybridized carbons (Fsp3) is 0. The highest BCUT2D eigenvalue weighted by Gasteiger charge is 2.20. The van der Waals surface area contributed by atoms with Crippen molar-refractivity contribution in [2.75, 3.05) is 0 Å². The third kappa shape index (κ3) is 3.80. The van der Waals surface area contributed by atoms with E-state index in [-0.39, 0.29) is 0 Å². The van der Waals surface area contributed by atoms with E-state index in [0.29, 0.717) is 0 Å². The van der Waals surface area contributed by atoms with Gasteiger partial charge >= 0.3 is 0 Å². The minimum absolute atomic E-state index is 1.01. The van der Waals surface area contributed by atoms with E-state index in [2.05, 4.69) is 173 Å². The van der Waals surface area contributed by atoms with E-state index in [1.54, 1.807) is 0 Å². The van der Waals surface area contributed by atoms with Crippen molar-refractivity contribution < 1.29 is 0 Å².